The van der Waals surface area contributed by atoms with Crippen LogP contribution in [-0.2, 0) is 9.84 Å². The molecule has 0 saturated heterocycles. The van der Waals surface area contributed by atoms with Crippen LogP contribution in [0.15, 0.2) is 24.3 Å². The van der Waals surface area contributed by atoms with Crippen molar-refractivity contribution in [3.8, 4) is 11.1 Å². The molecule has 2 nitrogen and oxygen atoms in total. The van der Waals surface area contributed by atoms with E-state index >= 15 is 0 Å². The lowest BCUT2D eigenvalue weighted by Crippen LogP contribution is -2.11. The molecule has 0 bridgehead atoms. The predicted molar refractivity (Wildman–Crippen MR) is 92.4 cm³/mol. The second-order valence-electron chi connectivity index (χ2n) is 5.85. The van der Waals surface area contributed by atoms with Gasteiger partial charge in [-0.05, 0) is 24.0 Å². The van der Waals surface area contributed by atoms with Crippen LogP contribution >= 0.6 is 0 Å². The highest BCUT2D eigenvalue weighted by molar-refractivity contribution is 7.91. The lowest BCUT2D eigenvalue weighted by atomic mass is 9.95. The predicted octanol–water partition coefficient (Wildman–Crippen LogP) is 5.23. The van der Waals surface area contributed by atoms with Gasteiger partial charge in [0.25, 0.3) is 0 Å². The average molecular weight is 311 g/mol. The van der Waals surface area contributed by atoms with Crippen molar-refractivity contribution >= 4 is 9.84 Å². The summed E-state index contributed by atoms with van der Waals surface area (Å²) < 4.78 is 23.1. The fourth-order valence-electron chi connectivity index (χ4n) is 2.26. The highest BCUT2D eigenvalue weighted by Crippen LogP contribution is 2.29. The molecule has 3 heteroatoms. The summed E-state index contributed by atoms with van der Waals surface area (Å²) in [4.78, 5) is 0. The quantitative estimate of drug-likeness (QED) is 0.563. The molecule has 2 rings (SSSR count). The molecule has 2 aliphatic carbocycles. The van der Waals surface area contributed by atoms with Gasteiger partial charge in [0.1, 0.15) is 9.84 Å². The van der Waals surface area contributed by atoms with Crippen molar-refractivity contribution in [2.24, 2.45) is 0 Å². The van der Waals surface area contributed by atoms with Gasteiger partial charge in [0.15, 0.2) is 0 Å². The van der Waals surface area contributed by atoms with E-state index in [0.29, 0.717) is 11.5 Å². The van der Waals surface area contributed by atoms with Gasteiger partial charge >= 0.3 is 0 Å². The lowest BCUT2D eigenvalue weighted by molar-refractivity contribution is 0.582. The Morgan fingerprint density at radius 2 is 1.05 bits per heavy atom. The van der Waals surface area contributed by atoms with E-state index < -0.39 is 9.84 Å². The van der Waals surface area contributed by atoms with Crippen LogP contribution in [-0.4, -0.2) is 19.9 Å². The zero-order valence-electron chi connectivity index (χ0n) is 13.6. The Kier molecular flexibility index (Phi) is 8.67. The third kappa shape index (κ3) is 7.66. The number of fused-ring (bicyclic) bond motifs is 1. The summed E-state index contributed by atoms with van der Waals surface area (Å²) >= 11 is 0. The first kappa shape index (κ1) is 18.2. The van der Waals surface area contributed by atoms with Crippen molar-refractivity contribution in [3.05, 3.63) is 24.3 Å². The van der Waals surface area contributed by atoms with Crippen molar-refractivity contribution < 1.29 is 8.42 Å². The third-order valence-corrected chi connectivity index (χ3v) is 5.66. The van der Waals surface area contributed by atoms with E-state index in [-0.39, 0.29) is 0 Å². The molecule has 0 fully saturated rings. The van der Waals surface area contributed by atoms with Gasteiger partial charge in [-0.3, -0.25) is 0 Å². The molecule has 0 aliphatic heterocycles. The van der Waals surface area contributed by atoms with Gasteiger partial charge in [0.05, 0.1) is 11.5 Å². The minimum absolute atomic E-state index is 0.402. The molecule has 0 aromatic carbocycles. The highest BCUT2D eigenvalue weighted by Gasteiger charge is 2.09. The number of unbranched alkanes of at least 4 members (excludes halogenated alkanes) is 6. The summed E-state index contributed by atoms with van der Waals surface area (Å²) in [6.45, 7) is 4.28. The largest absolute Gasteiger partial charge is 0.229 e. The number of sulfone groups is 1. The minimum Gasteiger partial charge on any atom is -0.229 e. The Morgan fingerprint density at radius 1 is 0.667 bits per heavy atom. The van der Waals surface area contributed by atoms with Crippen LogP contribution in [0.2, 0.25) is 0 Å². The van der Waals surface area contributed by atoms with Gasteiger partial charge in [-0.25, -0.2) is 8.42 Å². The first-order chi connectivity index (χ1) is 10.1. The number of rotatable bonds is 10. The second-order valence-corrected chi connectivity index (χ2v) is 8.15. The summed E-state index contributed by atoms with van der Waals surface area (Å²) in [6, 6.07) is 8.48. The van der Waals surface area contributed by atoms with Gasteiger partial charge in [-0.1, -0.05) is 76.6 Å². The maximum absolute atomic E-state index is 11.6. The fraction of sp³-hybridized carbons (Fsp3) is 0.667. The summed E-state index contributed by atoms with van der Waals surface area (Å²) in [5.41, 5.74) is 2.85. The van der Waals surface area contributed by atoms with Crippen LogP contribution in [0, 0.1) is 0 Å². The van der Waals surface area contributed by atoms with E-state index in [0.717, 1.165) is 51.4 Å². The maximum Gasteiger partial charge on any atom is 0.150 e. The third-order valence-electron chi connectivity index (χ3n) is 3.84. The van der Waals surface area contributed by atoms with Crippen LogP contribution < -0.4 is 0 Å². The minimum atomic E-state index is -2.74. The molecule has 0 heterocycles. The number of hydrogen-bond acceptors (Lipinski definition) is 2. The summed E-state index contributed by atoms with van der Waals surface area (Å²) in [6.07, 6.45) is 8.47. The van der Waals surface area contributed by atoms with E-state index in [2.05, 4.69) is 38.1 Å². The van der Waals surface area contributed by atoms with E-state index in [9.17, 15) is 8.42 Å². The SMILES string of the molecule is CCCCCCS(=O)(=O)CCCCCC.c1cc2ccc1-2. The van der Waals surface area contributed by atoms with Crippen molar-refractivity contribution in [2.45, 2.75) is 65.2 Å². The first-order valence-corrected chi connectivity index (χ1v) is 10.2. The molecule has 0 radical (unpaired) electrons. The molecule has 0 unspecified atom stereocenters. The molecular formula is C18H30O2S. The molecule has 0 aromatic rings. The average Bonchev–Trinajstić information content (AvgIpc) is 2.44. The maximum atomic E-state index is 11.6. The molecule has 2 aliphatic rings. The normalized spacial score (nSPS) is 11.7. The summed E-state index contributed by atoms with van der Waals surface area (Å²) in [5.74, 6) is 0.804. The zero-order chi connectivity index (χ0) is 15.6. The molecule has 0 amide bonds. The van der Waals surface area contributed by atoms with Crippen LogP contribution in [0.25, 0.3) is 11.1 Å². The van der Waals surface area contributed by atoms with Gasteiger partial charge < -0.3 is 0 Å². The fourth-order valence-corrected chi connectivity index (χ4v) is 3.75. The Balaban J connectivity index is 0.000000294. The molecule has 0 N–H and O–H groups in total. The molecule has 21 heavy (non-hydrogen) atoms. The Morgan fingerprint density at radius 3 is 1.29 bits per heavy atom. The van der Waals surface area contributed by atoms with Crippen LogP contribution in [0.4, 0.5) is 0 Å². The number of hydrogen-bond donors (Lipinski definition) is 0. The van der Waals surface area contributed by atoms with Crippen molar-refractivity contribution in [1.29, 1.82) is 0 Å². The molecule has 0 spiro atoms. The van der Waals surface area contributed by atoms with Crippen LogP contribution in [0.5, 0.6) is 0 Å². The molecular weight excluding hydrogens is 280 g/mol. The molecule has 0 atom stereocenters. The molecule has 0 aromatic heterocycles. The van der Waals surface area contributed by atoms with Crippen LogP contribution in [0.1, 0.15) is 65.2 Å². The Labute approximate surface area is 130 Å². The Hall–Kier alpha value is -0.830. The zero-order valence-corrected chi connectivity index (χ0v) is 14.4. The monoisotopic (exact) mass is 310 g/mol. The topological polar surface area (TPSA) is 34.1 Å². The second kappa shape index (κ2) is 9.99. The smallest absolute Gasteiger partial charge is 0.150 e. The number of benzene rings is 1. The van der Waals surface area contributed by atoms with Gasteiger partial charge in [0, 0.05) is 0 Å². The van der Waals surface area contributed by atoms with Crippen molar-refractivity contribution in [2.75, 3.05) is 11.5 Å². The van der Waals surface area contributed by atoms with Gasteiger partial charge in [-0.2, -0.15) is 0 Å². The first-order valence-electron chi connectivity index (χ1n) is 8.40. The standard InChI is InChI=1S/C12H26O2S.C6H4/c1-3-5-7-9-11-15(13,14)12-10-8-6-4-2;1-2-6-4-3-5(1)6/h3-12H2,1-2H3;1-4H. The molecule has 120 valence electrons. The van der Waals surface area contributed by atoms with E-state index in [1.165, 1.54) is 11.1 Å². The van der Waals surface area contributed by atoms with E-state index in [1.807, 2.05) is 0 Å². The lowest BCUT2D eigenvalue weighted by Gasteiger charge is -2.10. The van der Waals surface area contributed by atoms with E-state index in [4.69, 9.17) is 0 Å². The molecule has 0 saturated carbocycles. The highest BCUT2D eigenvalue weighted by atomic mass is 32.2. The van der Waals surface area contributed by atoms with Crippen molar-refractivity contribution in [1.82, 2.24) is 0 Å². The summed E-state index contributed by atoms with van der Waals surface area (Å²) in [5, 5.41) is 0. The van der Waals surface area contributed by atoms with Gasteiger partial charge in [-0.15, -0.1) is 0 Å². The van der Waals surface area contributed by atoms with Crippen LogP contribution in [0.3, 0.4) is 0 Å². The summed E-state index contributed by atoms with van der Waals surface area (Å²) in [7, 11) is -2.74. The van der Waals surface area contributed by atoms with E-state index in [1.54, 1.807) is 0 Å². The Bertz CT molecular complexity index is 435. The van der Waals surface area contributed by atoms with Crippen molar-refractivity contribution in [3.63, 3.8) is 0 Å². The van der Waals surface area contributed by atoms with Gasteiger partial charge in [0.2, 0.25) is 0 Å².